The van der Waals surface area contributed by atoms with Crippen molar-refractivity contribution in [2.75, 3.05) is 22.7 Å². The average Bonchev–Trinajstić information content (AvgIpc) is 3.91. The molecule has 6 rings (SSSR count). The van der Waals surface area contributed by atoms with Gasteiger partial charge in [0.15, 0.2) is 18.6 Å². The first-order chi connectivity index (χ1) is 29.7. The Hall–Kier alpha value is -5.94. The first-order valence-corrected chi connectivity index (χ1v) is 21.9. The van der Waals surface area contributed by atoms with Gasteiger partial charge in [0, 0.05) is 29.3 Å². The molecule has 1 aromatic heterocycles. The Bertz CT molecular complexity index is 2240. The van der Waals surface area contributed by atoms with Crippen molar-refractivity contribution < 1.29 is 29.0 Å². The van der Waals surface area contributed by atoms with E-state index in [0.717, 1.165) is 24.8 Å². The largest absolute Gasteiger partial charge is 0.478 e. The third kappa shape index (κ3) is 12.5. The minimum absolute atomic E-state index is 0.0248. The Morgan fingerprint density at radius 3 is 2.10 bits per heavy atom. The highest BCUT2D eigenvalue weighted by Crippen LogP contribution is 2.51. The van der Waals surface area contributed by atoms with Crippen molar-refractivity contribution in [1.82, 2.24) is 9.78 Å². The fourth-order valence-electron chi connectivity index (χ4n) is 7.60. The third-order valence-corrected chi connectivity index (χ3v) is 11.5. The van der Waals surface area contributed by atoms with E-state index in [4.69, 9.17) is 16.3 Å². The number of ether oxygens (including phenoxy) is 1. The Morgan fingerprint density at radius 1 is 0.787 bits per heavy atom. The fraction of sp³-hybridized carbons (Fsp3) is 0.367. The summed E-state index contributed by atoms with van der Waals surface area (Å²) in [5.41, 5.74) is 2.05. The van der Waals surface area contributed by atoms with E-state index in [1.807, 2.05) is 42.5 Å². The van der Waals surface area contributed by atoms with Gasteiger partial charge >= 0.3 is 5.97 Å². The number of aromatic carboxylic acids is 1. The molecule has 0 bridgehead atoms. The number of benzene rings is 4. The van der Waals surface area contributed by atoms with Gasteiger partial charge in [0.05, 0.1) is 16.4 Å². The maximum Gasteiger partial charge on any atom is 0.339 e. The van der Waals surface area contributed by atoms with Gasteiger partial charge in [0.25, 0.3) is 5.91 Å². The molecule has 11 nitrogen and oxygen atoms in total. The van der Waals surface area contributed by atoms with Crippen LogP contribution < -0.4 is 20.7 Å². The Kier molecular flexibility index (Phi) is 16.1. The number of para-hydroxylation sites is 2. The van der Waals surface area contributed by atoms with Crippen molar-refractivity contribution in [3.63, 3.8) is 0 Å². The first kappa shape index (κ1) is 44.6. The van der Waals surface area contributed by atoms with Gasteiger partial charge < -0.3 is 25.8 Å². The van der Waals surface area contributed by atoms with Crippen molar-refractivity contribution in [3.05, 3.63) is 125 Å². The first-order valence-electron chi connectivity index (χ1n) is 21.5. The topological polar surface area (TPSA) is 152 Å². The van der Waals surface area contributed by atoms with Crippen molar-refractivity contribution in [1.29, 1.82) is 0 Å². The number of hydrogen-bond donors (Lipinski definition) is 4. The zero-order chi connectivity index (χ0) is 43.0. The van der Waals surface area contributed by atoms with Gasteiger partial charge in [-0.2, -0.15) is 5.10 Å². The van der Waals surface area contributed by atoms with Gasteiger partial charge in [-0.25, -0.2) is 4.79 Å². The smallest absolute Gasteiger partial charge is 0.339 e. The maximum atomic E-state index is 14.6. The van der Waals surface area contributed by atoms with Crippen LogP contribution in [0, 0.1) is 5.41 Å². The van der Waals surface area contributed by atoms with Crippen LogP contribution in [0.2, 0.25) is 5.02 Å². The Labute approximate surface area is 363 Å². The fourth-order valence-corrected chi connectivity index (χ4v) is 7.76. The zero-order valence-corrected chi connectivity index (χ0v) is 35.6. The second kappa shape index (κ2) is 22.1. The van der Waals surface area contributed by atoms with Gasteiger partial charge in [-0.15, -0.1) is 0 Å². The van der Waals surface area contributed by atoms with E-state index < -0.39 is 23.3 Å². The van der Waals surface area contributed by atoms with Crippen LogP contribution in [0.5, 0.6) is 5.75 Å². The summed E-state index contributed by atoms with van der Waals surface area (Å²) in [5, 5.41) is 24.0. The van der Waals surface area contributed by atoms with E-state index >= 15 is 0 Å². The number of nitrogens with one attached hydrogen (secondary N) is 3. The summed E-state index contributed by atoms with van der Waals surface area (Å²) >= 11 is 6.62. The number of carbonyl (C=O) groups is 4. The highest BCUT2D eigenvalue weighted by atomic mass is 35.5. The molecule has 12 heteroatoms. The number of aromatic nitrogens is 2. The second-order valence-electron chi connectivity index (χ2n) is 15.9. The second-order valence-corrected chi connectivity index (χ2v) is 16.3. The molecule has 0 spiro atoms. The summed E-state index contributed by atoms with van der Waals surface area (Å²) in [6.45, 7) is 2.26. The molecule has 1 unspecified atom stereocenters. The summed E-state index contributed by atoms with van der Waals surface area (Å²) in [6.07, 6.45) is 15.3. The van der Waals surface area contributed by atoms with Crippen LogP contribution in [-0.4, -0.2) is 45.2 Å². The minimum Gasteiger partial charge on any atom is -0.478 e. The summed E-state index contributed by atoms with van der Waals surface area (Å²) < 4.78 is 7.21. The van der Waals surface area contributed by atoms with Crippen LogP contribution in [0.3, 0.4) is 0 Å². The molecule has 1 fully saturated rings. The summed E-state index contributed by atoms with van der Waals surface area (Å²) in [7, 11) is 0. The van der Waals surface area contributed by atoms with Crippen molar-refractivity contribution in [3.8, 4) is 17.0 Å². The summed E-state index contributed by atoms with van der Waals surface area (Å²) in [4.78, 5) is 54.2. The molecule has 320 valence electrons. The molecule has 1 aliphatic rings. The van der Waals surface area contributed by atoms with Crippen LogP contribution in [-0.2, 0) is 20.8 Å². The van der Waals surface area contributed by atoms with Crippen molar-refractivity contribution >= 4 is 52.2 Å². The predicted molar refractivity (Wildman–Crippen MR) is 241 cm³/mol. The van der Waals surface area contributed by atoms with Crippen molar-refractivity contribution in [2.45, 2.75) is 103 Å². The molecule has 0 aliphatic heterocycles. The lowest BCUT2D eigenvalue weighted by Crippen LogP contribution is -2.38. The van der Waals surface area contributed by atoms with Crippen LogP contribution >= 0.6 is 11.6 Å². The van der Waals surface area contributed by atoms with E-state index in [-0.39, 0.29) is 40.4 Å². The summed E-state index contributed by atoms with van der Waals surface area (Å²) in [5.74, 6) is -1.87. The van der Waals surface area contributed by atoms with E-state index in [1.165, 1.54) is 55.8 Å². The van der Waals surface area contributed by atoms with Gasteiger partial charge in [-0.05, 0) is 61.6 Å². The van der Waals surface area contributed by atoms with E-state index in [1.54, 1.807) is 60.7 Å². The van der Waals surface area contributed by atoms with E-state index in [0.29, 0.717) is 48.4 Å². The molecule has 1 saturated carbocycles. The molecule has 0 saturated heterocycles. The van der Waals surface area contributed by atoms with Crippen molar-refractivity contribution in [2.24, 2.45) is 5.41 Å². The number of carboxylic acids is 1. The number of carbonyl (C=O) groups excluding carboxylic acids is 3. The number of unbranched alkanes of at least 4 members (excludes halogenated alkanes) is 9. The Morgan fingerprint density at radius 2 is 1.43 bits per heavy atom. The van der Waals surface area contributed by atoms with Gasteiger partial charge in [-0.3, -0.25) is 19.1 Å². The third-order valence-electron chi connectivity index (χ3n) is 11.2. The molecule has 2 amide bonds. The number of carboxylic acid groups (broad SMARTS) is 1. The van der Waals surface area contributed by atoms with Crippen LogP contribution in [0.25, 0.3) is 11.3 Å². The van der Waals surface area contributed by atoms with E-state index in [2.05, 4.69) is 28.0 Å². The molecule has 1 aliphatic carbocycles. The SMILES string of the molecule is CCCCCCCCCCCCC(=O)Nc1ccccc1OCNc1ccc(Cl)c(NC(=O)C(C(=O)C2(Cc3ccccc3)CC2)n2cc(C(=O)O)c(-c3ccccc3)n2)c1. The highest BCUT2D eigenvalue weighted by molar-refractivity contribution is 6.34. The monoisotopic (exact) mass is 845 g/mol. The zero-order valence-electron chi connectivity index (χ0n) is 34.8. The lowest BCUT2D eigenvalue weighted by atomic mass is 9.88. The molecule has 1 heterocycles. The summed E-state index contributed by atoms with van der Waals surface area (Å²) in [6, 6.07) is 29.1. The predicted octanol–water partition coefficient (Wildman–Crippen LogP) is 11.4. The van der Waals surface area contributed by atoms with Gasteiger partial charge in [-0.1, -0.05) is 149 Å². The van der Waals surface area contributed by atoms with Crippen LogP contribution in [0.1, 0.15) is 112 Å². The minimum atomic E-state index is -1.49. The molecule has 1 atom stereocenters. The number of amides is 2. The molecule has 0 radical (unpaired) electrons. The van der Waals surface area contributed by atoms with Crippen LogP contribution in [0.15, 0.2) is 109 Å². The lowest BCUT2D eigenvalue weighted by Gasteiger charge is -2.23. The lowest BCUT2D eigenvalue weighted by molar-refractivity contribution is -0.134. The number of Topliss-reactive ketones (excluding diaryl/α,β-unsaturated/α-hetero) is 1. The molecule has 61 heavy (non-hydrogen) atoms. The Balaban J connectivity index is 1.10. The maximum absolute atomic E-state index is 14.6. The quantitative estimate of drug-likeness (QED) is 0.0257. The number of anilines is 3. The number of ketones is 1. The number of rotatable bonds is 25. The number of nitrogens with zero attached hydrogens (tertiary/aromatic N) is 2. The molecular weight excluding hydrogens is 790 g/mol. The normalized spacial score (nSPS) is 13.2. The number of halogens is 1. The molecule has 4 aromatic carbocycles. The molecular formula is C49H56ClN5O6. The van der Waals surface area contributed by atoms with Gasteiger partial charge in [0.1, 0.15) is 17.0 Å². The molecule has 5 aromatic rings. The van der Waals surface area contributed by atoms with E-state index in [9.17, 15) is 24.3 Å². The van der Waals surface area contributed by atoms with Crippen LogP contribution in [0.4, 0.5) is 17.1 Å². The number of hydrogen-bond acceptors (Lipinski definition) is 7. The van der Waals surface area contributed by atoms with Gasteiger partial charge in [0.2, 0.25) is 5.91 Å². The molecule has 4 N–H and O–H groups in total. The average molecular weight is 846 g/mol. The standard InChI is InChI=1S/C49H56ClN5O6/c1-2-3-4-5-6-7-8-9-10-17-26-43(56)52-40-24-18-19-25-42(40)61-34-51-37-27-28-39(50)41(31-37)53-47(58)45(46(57)49(29-30-49)32-35-20-13-11-14-21-35)55-33-38(48(59)60)44(54-55)36-22-15-12-16-23-36/h11-16,18-25,27-28,31,33,45,51H,2-10,17,26,29-30,32,34H2,1H3,(H,52,56)(H,53,58)(H,59,60). The highest BCUT2D eigenvalue weighted by Gasteiger charge is 2.54.